The molecule has 1 aromatic carbocycles. The number of rotatable bonds is 6. The molecule has 106 valence electrons. The molecule has 3 nitrogen and oxygen atoms in total. The minimum Gasteiger partial charge on any atom is -0.487 e. The van der Waals surface area contributed by atoms with Crippen molar-refractivity contribution in [3.05, 3.63) is 59.4 Å². The Kier molecular flexibility index (Phi) is 5.13. The second-order valence-electron chi connectivity index (χ2n) is 5.10. The van der Waals surface area contributed by atoms with Crippen LogP contribution in [0, 0.1) is 6.92 Å². The third-order valence-corrected chi connectivity index (χ3v) is 3.29. The summed E-state index contributed by atoms with van der Waals surface area (Å²) >= 11 is 0. The average Bonchev–Trinajstić information content (AvgIpc) is 2.46. The molecule has 1 heterocycles. The highest BCUT2D eigenvalue weighted by molar-refractivity contribution is 5.28. The van der Waals surface area contributed by atoms with Crippen LogP contribution in [0.25, 0.3) is 0 Å². The van der Waals surface area contributed by atoms with Crippen LogP contribution in [0.1, 0.15) is 23.9 Å². The summed E-state index contributed by atoms with van der Waals surface area (Å²) in [6, 6.07) is 14.7. The molecular formula is C17H22N2O. The summed E-state index contributed by atoms with van der Waals surface area (Å²) in [5.41, 5.74) is 3.29. The Labute approximate surface area is 121 Å². The molecule has 0 amide bonds. The van der Waals surface area contributed by atoms with E-state index in [4.69, 9.17) is 4.74 Å². The Morgan fingerprint density at radius 1 is 1.15 bits per heavy atom. The quantitative estimate of drug-likeness (QED) is 0.875. The molecule has 3 heteroatoms. The molecule has 0 radical (unpaired) electrons. The second kappa shape index (κ2) is 7.06. The number of pyridine rings is 1. The van der Waals surface area contributed by atoms with Crippen molar-refractivity contribution in [1.29, 1.82) is 0 Å². The van der Waals surface area contributed by atoms with Gasteiger partial charge in [0.1, 0.15) is 12.4 Å². The van der Waals surface area contributed by atoms with Gasteiger partial charge in [0.15, 0.2) is 0 Å². The van der Waals surface area contributed by atoms with Gasteiger partial charge in [-0.1, -0.05) is 18.2 Å². The van der Waals surface area contributed by atoms with Gasteiger partial charge in [-0.2, -0.15) is 0 Å². The summed E-state index contributed by atoms with van der Waals surface area (Å²) in [5.74, 6) is 0.883. The van der Waals surface area contributed by atoms with E-state index < -0.39 is 0 Å². The van der Waals surface area contributed by atoms with Crippen molar-refractivity contribution in [2.24, 2.45) is 0 Å². The first-order valence-corrected chi connectivity index (χ1v) is 6.99. The molecule has 0 spiro atoms. The first-order chi connectivity index (χ1) is 9.67. The van der Waals surface area contributed by atoms with Gasteiger partial charge in [0.05, 0.1) is 5.69 Å². The van der Waals surface area contributed by atoms with E-state index in [1.54, 1.807) is 0 Å². The molecule has 0 saturated carbocycles. The molecule has 1 aromatic heterocycles. The number of nitrogens with one attached hydrogen (secondary N) is 1. The molecule has 1 atom stereocenters. The van der Waals surface area contributed by atoms with Gasteiger partial charge in [-0.15, -0.1) is 0 Å². The summed E-state index contributed by atoms with van der Waals surface area (Å²) in [5, 5.41) is 3.24. The van der Waals surface area contributed by atoms with Crippen LogP contribution in [-0.2, 0) is 13.0 Å². The van der Waals surface area contributed by atoms with Gasteiger partial charge < -0.3 is 10.1 Å². The van der Waals surface area contributed by atoms with Crippen molar-refractivity contribution in [3.8, 4) is 5.75 Å². The lowest BCUT2D eigenvalue weighted by atomic mass is 10.1. The number of nitrogens with zero attached hydrogens (tertiary/aromatic N) is 1. The van der Waals surface area contributed by atoms with Crippen LogP contribution in [0.2, 0.25) is 0 Å². The molecular weight excluding hydrogens is 248 g/mol. The van der Waals surface area contributed by atoms with Gasteiger partial charge in [0, 0.05) is 11.7 Å². The van der Waals surface area contributed by atoms with Crippen LogP contribution in [0.5, 0.6) is 5.75 Å². The maximum absolute atomic E-state index is 5.76. The molecule has 1 N–H and O–H groups in total. The summed E-state index contributed by atoms with van der Waals surface area (Å²) < 4.78 is 5.76. The van der Waals surface area contributed by atoms with Crippen molar-refractivity contribution in [3.63, 3.8) is 0 Å². The number of benzene rings is 1. The highest BCUT2D eigenvalue weighted by Gasteiger charge is 2.02. The third-order valence-electron chi connectivity index (χ3n) is 3.29. The molecule has 2 rings (SSSR count). The Bertz CT molecular complexity index is 537. The Morgan fingerprint density at radius 3 is 2.55 bits per heavy atom. The third kappa shape index (κ3) is 4.35. The Balaban J connectivity index is 1.90. The fourth-order valence-electron chi connectivity index (χ4n) is 2.01. The predicted molar refractivity (Wildman–Crippen MR) is 82.0 cm³/mol. The SMILES string of the molecule is CNC(C)Cc1ccc(OCc2cccc(C)n2)cc1. The zero-order chi connectivity index (χ0) is 14.4. The topological polar surface area (TPSA) is 34.1 Å². The first kappa shape index (κ1) is 14.5. The van der Waals surface area contributed by atoms with Crippen LogP contribution in [-0.4, -0.2) is 18.1 Å². The monoisotopic (exact) mass is 270 g/mol. The van der Waals surface area contributed by atoms with Crippen LogP contribution in [0.15, 0.2) is 42.5 Å². The Hall–Kier alpha value is -1.87. The summed E-state index contributed by atoms with van der Waals surface area (Å²) in [7, 11) is 1.98. The summed E-state index contributed by atoms with van der Waals surface area (Å²) in [4.78, 5) is 4.42. The number of likely N-dealkylation sites (N-methyl/N-ethyl adjacent to an activating group) is 1. The van der Waals surface area contributed by atoms with Gasteiger partial charge in [0.25, 0.3) is 0 Å². The largest absolute Gasteiger partial charge is 0.487 e. The normalized spacial score (nSPS) is 12.2. The van der Waals surface area contributed by atoms with Crippen molar-refractivity contribution in [2.75, 3.05) is 7.05 Å². The van der Waals surface area contributed by atoms with E-state index in [2.05, 4.69) is 29.4 Å². The lowest BCUT2D eigenvalue weighted by Crippen LogP contribution is -2.23. The number of hydrogen-bond acceptors (Lipinski definition) is 3. The maximum Gasteiger partial charge on any atom is 0.130 e. The van der Waals surface area contributed by atoms with Crippen molar-refractivity contribution < 1.29 is 4.74 Å². The second-order valence-corrected chi connectivity index (χ2v) is 5.10. The Morgan fingerprint density at radius 2 is 1.90 bits per heavy atom. The predicted octanol–water partition coefficient (Wildman–Crippen LogP) is 3.12. The fourth-order valence-corrected chi connectivity index (χ4v) is 2.01. The smallest absolute Gasteiger partial charge is 0.130 e. The lowest BCUT2D eigenvalue weighted by Gasteiger charge is -2.11. The van der Waals surface area contributed by atoms with E-state index in [1.807, 2.05) is 44.3 Å². The molecule has 0 aliphatic carbocycles. The lowest BCUT2D eigenvalue weighted by molar-refractivity contribution is 0.301. The molecule has 1 unspecified atom stereocenters. The molecule has 0 fully saturated rings. The van der Waals surface area contributed by atoms with E-state index >= 15 is 0 Å². The van der Waals surface area contributed by atoms with Crippen LogP contribution in [0.4, 0.5) is 0 Å². The van der Waals surface area contributed by atoms with Crippen LogP contribution in [0.3, 0.4) is 0 Å². The molecule has 0 aliphatic heterocycles. The standard InChI is InChI=1S/C17H22N2O/c1-13-5-4-6-16(19-13)12-20-17-9-7-15(8-10-17)11-14(2)18-3/h4-10,14,18H,11-12H2,1-3H3. The van der Waals surface area contributed by atoms with Crippen molar-refractivity contribution in [2.45, 2.75) is 32.9 Å². The van der Waals surface area contributed by atoms with Gasteiger partial charge in [-0.05, 0) is 57.1 Å². The summed E-state index contributed by atoms with van der Waals surface area (Å²) in [6.45, 7) is 4.67. The molecule has 0 saturated heterocycles. The number of ether oxygens (including phenoxy) is 1. The van der Waals surface area contributed by atoms with Gasteiger partial charge >= 0.3 is 0 Å². The highest BCUT2D eigenvalue weighted by atomic mass is 16.5. The number of aromatic nitrogens is 1. The van der Waals surface area contributed by atoms with Gasteiger partial charge in [-0.3, -0.25) is 4.98 Å². The zero-order valence-electron chi connectivity index (χ0n) is 12.4. The van der Waals surface area contributed by atoms with Crippen molar-refractivity contribution >= 4 is 0 Å². The molecule has 2 aromatic rings. The van der Waals surface area contributed by atoms with E-state index in [9.17, 15) is 0 Å². The number of aryl methyl sites for hydroxylation is 1. The zero-order valence-corrected chi connectivity index (χ0v) is 12.4. The highest BCUT2D eigenvalue weighted by Crippen LogP contribution is 2.15. The van der Waals surface area contributed by atoms with Crippen LogP contribution < -0.4 is 10.1 Å². The van der Waals surface area contributed by atoms with E-state index in [0.29, 0.717) is 12.6 Å². The first-order valence-electron chi connectivity index (χ1n) is 6.99. The minimum absolute atomic E-state index is 0.485. The molecule has 0 bridgehead atoms. The average molecular weight is 270 g/mol. The van der Waals surface area contributed by atoms with Gasteiger partial charge in [0.2, 0.25) is 0 Å². The molecule has 0 aliphatic rings. The fraction of sp³-hybridized carbons (Fsp3) is 0.353. The van der Waals surface area contributed by atoms with E-state index in [0.717, 1.165) is 23.6 Å². The van der Waals surface area contributed by atoms with Crippen molar-refractivity contribution in [1.82, 2.24) is 10.3 Å². The summed E-state index contributed by atoms with van der Waals surface area (Å²) in [6.07, 6.45) is 1.02. The van der Waals surface area contributed by atoms with Crippen LogP contribution >= 0.6 is 0 Å². The maximum atomic E-state index is 5.76. The number of hydrogen-bond donors (Lipinski definition) is 1. The molecule has 20 heavy (non-hydrogen) atoms. The van der Waals surface area contributed by atoms with E-state index in [1.165, 1.54) is 5.56 Å². The van der Waals surface area contributed by atoms with Gasteiger partial charge in [-0.25, -0.2) is 0 Å². The minimum atomic E-state index is 0.485. The van der Waals surface area contributed by atoms with E-state index in [-0.39, 0.29) is 0 Å².